The molecule has 0 radical (unpaired) electrons. The fourth-order valence-corrected chi connectivity index (χ4v) is 3.38. The summed E-state index contributed by atoms with van der Waals surface area (Å²) in [6.45, 7) is 0.710. The lowest BCUT2D eigenvalue weighted by Gasteiger charge is -2.12. The second kappa shape index (κ2) is 8.11. The Balaban J connectivity index is 1.64. The fraction of sp³-hybridized carbons (Fsp3) is 0.0952. The van der Waals surface area contributed by atoms with E-state index in [9.17, 15) is 4.79 Å². The van der Waals surface area contributed by atoms with Crippen molar-refractivity contribution in [1.82, 2.24) is 14.5 Å². The van der Waals surface area contributed by atoms with Crippen molar-refractivity contribution in [2.24, 2.45) is 5.73 Å². The van der Waals surface area contributed by atoms with Crippen molar-refractivity contribution >= 4 is 40.1 Å². The lowest BCUT2D eigenvalue weighted by Crippen LogP contribution is -2.13. The molecular weight excluding hydrogens is 411 g/mol. The highest BCUT2D eigenvalue weighted by Gasteiger charge is 2.14. The fourth-order valence-electron chi connectivity index (χ4n) is 3.01. The van der Waals surface area contributed by atoms with E-state index in [-0.39, 0.29) is 12.3 Å². The Hall–Kier alpha value is -3.09. The van der Waals surface area contributed by atoms with Crippen LogP contribution in [-0.2, 0) is 13.2 Å². The molecule has 0 atom stereocenters. The van der Waals surface area contributed by atoms with Crippen LogP contribution < -0.4 is 10.5 Å². The molecular formula is C21H16Cl2N4O2. The lowest BCUT2D eigenvalue weighted by atomic mass is 10.2. The van der Waals surface area contributed by atoms with Gasteiger partial charge in [-0.05, 0) is 48.0 Å². The zero-order chi connectivity index (χ0) is 20.4. The Labute approximate surface area is 176 Å². The van der Waals surface area contributed by atoms with Gasteiger partial charge in [-0.15, -0.1) is 0 Å². The molecule has 8 heteroatoms. The van der Waals surface area contributed by atoms with Gasteiger partial charge in [0.05, 0.1) is 23.8 Å². The predicted octanol–water partition coefficient (Wildman–Crippen LogP) is 4.46. The molecule has 146 valence electrons. The molecule has 0 aliphatic carbocycles. The summed E-state index contributed by atoms with van der Waals surface area (Å²) in [7, 11) is 0. The number of para-hydroxylation sites is 2. The van der Waals surface area contributed by atoms with Crippen molar-refractivity contribution < 1.29 is 9.53 Å². The van der Waals surface area contributed by atoms with E-state index in [4.69, 9.17) is 33.7 Å². The van der Waals surface area contributed by atoms with E-state index < -0.39 is 5.91 Å². The standard InChI is InChI=1S/C21H16Cl2N4O2/c22-14-5-7-16(23)13(9-14)11-27-19-4-2-1-3-17(19)26-20(27)12-29-15-6-8-18(21(24)28)25-10-15/h1-10H,11-12H2,(H2,24,28). The number of carbonyl (C=O) groups is 1. The average Bonchev–Trinajstić information content (AvgIpc) is 3.07. The van der Waals surface area contributed by atoms with Gasteiger partial charge in [0.25, 0.3) is 5.91 Å². The van der Waals surface area contributed by atoms with Crippen LogP contribution in [0.15, 0.2) is 60.8 Å². The molecule has 0 unspecified atom stereocenters. The minimum atomic E-state index is -0.586. The van der Waals surface area contributed by atoms with Crippen LogP contribution in [0.2, 0.25) is 10.0 Å². The van der Waals surface area contributed by atoms with E-state index in [0.29, 0.717) is 22.3 Å². The second-order valence-electron chi connectivity index (χ2n) is 6.37. The Morgan fingerprint density at radius 1 is 1.10 bits per heavy atom. The SMILES string of the molecule is NC(=O)c1ccc(OCc2nc3ccccc3n2Cc2cc(Cl)ccc2Cl)cn1. The van der Waals surface area contributed by atoms with Gasteiger partial charge in [-0.25, -0.2) is 9.97 Å². The molecule has 0 saturated carbocycles. The number of nitrogens with zero attached hydrogens (tertiary/aromatic N) is 3. The molecule has 4 aromatic rings. The van der Waals surface area contributed by atoms with Crippen molar-refractivity contribution in [3.8, 4) is 5.75 Å². The minimum absolute atomic E-state index is 0.181. The van der Waals surface area contributed by atoms with Gasteiger partial charge in [0.15, 0.2) is 0 Å². The van der Waals surface area contributed by atoms with E-state index in [1.54, 1.807) is 18.2 Å². The van der Waals surface area contributed by atoms with E-state index in [2.05, 4.69) is 9.97 Å². The van der Waals surface area contributed by atoms with Gasteiger partial charge < -0.3 is 15.0 Å². The van der Waals surface area contributed by atoms with Gasteiger partial charge in [0.2, 0.25) is 0 Å². The van der Waals surface area contributed by atoms with Gasteiger partial charge in [0, 0.05) is 10.0 Å². The third kappa shape index (κ3) is 4.18. The summed E-state index contributed by atoms with van der Waals surface area (Å²) in [4.78, 5) is 19.8. The Morgan fingerprint density at radius 2 is 1.93 bits per heavy atom. The number of imidazole rings is 1. The molecule has 0 bridgehead atoms. The number of aromatic nitrogens is 3. The van der Waals surface area contributed by atoms with Gasteiger partial charge >= 0.3 is 0 Å². The van der Waals surface area contributed by atoms with Gasteiger partial charge in [0.1, 0.15) is 23.9 Å². The first-order valence-corrected chi connectivity index (χ1v) is 9.53. The van der Waals surface area contributed by atoms with Crippen LogP contribution in [0.1, 0.15) is 21.9 Å². The highest BCUT2D eigenvalue weighted by molar-refractivity contribution is 6.33. The number of benzene rings is 2. The smallest absolute Gasteiger partial charge is 0.267 e. The average molecular weight is 427 g/mol. The number of ether oxygens (including phenoxy) is 1. The maximum Gasteiger partial charge on any atom is 0.267 e. The number of amides is 1. The van der Waals surface area contributed by atoms with Crippen LogP contribution >= 0.6 is 23.2 Å². The number of nitrogens with two attached hydrogens (primary N) is 1. The monoisotopic (exact) mass is 426 g/mol. The summed E-state index contributed by atoms with van der Waals surface area (Å²) in [5.41, 5.74) is 8.09. The summed E-state index contributed by atoms with van der Waals surface area (Å²) in [5, 5.41) is 1.25. The number of rotatable bonds is 6. The normalized spacial score (nSPS) is 11.0. The quantitative estimate of drug-likeness (QED) is 0.493. The zero-order valence-electron chi connectivity index (χ0n) is 15.2. The largest absolute Gasteiger partial charge is 0.484 e. The highest BCUT2D eigenvalue weighted by Crippen LogP contribution is 2.25. The van der Waals surface area contributed by atoms with Crippen LogP contribution in [0.5, 0.6) is 5.75 Å². The molecule has 4 rings (SSSR count). The number of primary amides is 1. The summed E-state index contributed by atoms with van der Waals surface area (Å²) in [5.74, 6) is 0.646. The molecule has 2 N–H and O–H groups in total. The Bertz CT molecular complexity index is 1190. The number of pyridine rings is 1. The molecule has 2 aromatic carbocycles. The Kier molecular flexibility index (Phi) is 5.38. The van der Waals surface area contributed by atoms with Crippen molar-refractivity contribution in [2.45, 2.75) is 13.2 Å². The number of hydrogen-bond acceptors (Lipinski definition) is 4. The first kappa shape index (κ1) is 19.2. The third-order valence-electron chi connectivity index (χ3n) is 4.43. The van der Waals surface area contributed by atoms with E-state index in [0.717, 1.165) is 22.4 Å². The second-order valence-corrected chi connectivity index (χ2v) is 7.21. The van der Waals surface area contributed by atoms with Crippen molar-refractivity contribution in [1.29, 1.82) is 0 Å². The van der Waals surface area contributed by atoms with Crippen LogP contribution in [0, 0.1) is 0 Å². The molecule has 6 nitrogen and oxygen atoms in total. The molecule has 0 spiro atoms. The van der Waals surface area contributed by atoms with Gasteiger partial charge in [-0.2, -0.15) is 0 Å². The van der Waals surface area contributed by atoms with Gasteiger partial charge in [-0.1, -0.05) is 35.3 Å². The number of carbonyl (C=O) groups excluding carboxylic acids is 1. The van der Waals surface area contributed by atoms with Crippen LogP contribution in [0.4, 0.5) is 0 Å². The van der Waals surface area contributed by atoms with E-state index >= 15 is 0 Å². The summed E-state index contributed by atoms with van der Waals surface area (Å²) in [6.07, 6.45) is 1.46. The van der Waals surface area contributed by atoms with E-state index in [1.165, 1.54) is 12.3 Å². The molecule has 2 heterocycles. The predicted molar refractivity (Wildman–Crippen MR) is 112 cm³/mol. The van der Waals surface area contributed by atoms with Crippen LogP contribution in [-0.4, -0.2) is 20.4 Å². The zero-order valence-corrected chi connectivity index (χ0v) is 16.7. The minimum Gasteiger partial charge on any atom is -0.484 e. The van der Waals surface area contributed by atoms with Crippen molar-refractivity contribution in [2.75, 3.05) is 0 Å². The van der Waals surface area contributed by atoms with Gasteiger partial charge in [-0.3, -0.25) is 4.79 Å². The molecule has 29 heavy (non-hydrogen) atoms. The van der Waals surface area contributed by atoms with Crippen LogP contribution in [0.3, 0.4) is 0 Å². The van der Waals surface area contributed by atoms with E-state index in [1.807, 2.05) is 34.9 Å². The third-order valence-corrected chi connectivity index (χ3v) is 5.03. The first-order valence-electron chi connectivity index (χ1n) is 8.78. The lowest BCUT2D eigenvalue weighted by molar-refractivity contribution is 0.0995. The molecule has 0 saturated heterocycles. The number of fused-ring (bicyclic) bond motifs is 1. The first-order chi connectivity index (χ1) is 14.0. The maximum atomic E-state index is 11.1. The van der Waals surface area contributed by atoms with Crippen molar-refractivity contribution in [3.05, 3.63) is 87.9 Å². The highest BCUT2D eigenvalue weighted by atomic mass is 35.5. The molecule has 1 amide bonds. The number of halogens is 2. The topological polar surface area (TPSA) is 83.0 Å². The number of hydrogen-bond donors (Lipinski definition) is 1. The summed E-state index contributed by atoms with van der Waals surface area (Å²) in [6, 6.07) is 16.4. The molecule has 0 aliphatic rings. The van der Waals surface area contributed by atoms with Crippen LogP contribution in [0.25, 0.3) is 11.0 Å². The molecule has 2 aromatic heterocycles. The molecule has 0 aliphatic heterocycles. The summed E-state index contributed by atoms with van der Waals surface area (Å²) >= 11 is 12.5. The van der Waals surface area contributed by atoms with Crippen molar-refractivity contribution in [3.63, 3.8) is 0 Å². The molecule has 0 fully saturated rings. The Morgan fingerprint density at radius 3 is 2.69 bits per heavy atom. The maximum absolute atomic E-state index is 11.1. The summed E-state index contributed by atoms with van der Waals surface area (Å²) < 4.78 is 7.87.